The van der Waals surface area contributed by atoms with Crippen LogP contribution in [0.3, 0.4) is 0 Å². The Bertz CT molecular complexity index is 569. The molecule has 3 N–H and O–H groups in total. The predicted molar refractivity (Wildman–Crippen MR) is 74.8 cm³/mol. The van der Waals surface area contributed by atoms with E-state index in [1.54, 1.807) is 24.7 Å². The van der Waals surface area contributed by atoms with E-state index in [0.29, 0.717) is 11.4 Å². The van der Waals surface area contributed by atoms with Crippen LogP contribution in [0.15, 0.2) is 36.8 Å². The molecule has 0 aliphatic rings. The number of hydrogen-bond acceptors (Lipinski definition) is 4. The van der Waals surface area contributed by atoms with E-state index in [-0.39, 0.29) is 0 Å². The number of aromatic nitrogens is 2. The number of rotatable bonds is 5. The molecule has 0 fully saturated rings. The zero-order valence-corrected chi connectivity index (χ0v) is 10.8. The molecule has 0 unspecified atom stereocenters. The second-order valence-corrected chi connectivity index (χ2v) is 4.15. The Morgan fingerprint density at radius 2 is 2.21 bits per heavy atom. The van der Waals surface area contributed by atoms with Gasteiger partial charge in [-0.2, -0.15) is 0 Å². The topological polar surface area (TPSA) is 80.9 Å². The van der Waals surface area contributed by atoms with Crippen LogP contribution in [0.25, 0.3) is 11.1 Å². The van der Waals surface area contributed by atoms with E-state index in [0.717, 1.165) is 24.1 Å². The number of anilines is 1. The number of primary amides is 1. The lowest BCUT2D eigenvalue weighted by Gasteiger charge is -2.10. The third-order valence-electron chi connectivity index (χ3n) is 2.69. The average molecular weight is 256 g/mol. The number of hydrogen-bond donors (Lipinski definition) is 2. The first-order chi connectivity index (χ1) is 9.22. The van der Waals surface area contributed by atoms with Gasteiger partial charge in [0.2, 0.25) is 0 Å². The van der Waals surface area contributed by atoms with Gasteiger partial charge in [-0.25, -0.2) is 4.98 Å². The Morgan fingerprint density at radius 3 is 2.84 bits per heavy atom. The summed E-state index contributed by atoms with van der Waals surface area (Å²) in [6, 6.07) is 5.49. The second-order valence-electron chi connectivity index (χ2n) is 4.15. The van der Waals surface area contributed by atoms with Crippen LogP contribution in [-0.4, -0.2) is 22.4 Å². The van der Waals surface area contributed by atoms with Gasteiger partial charge in [0.15, 0.2) is 0 Å². The quantitative estimate of drug-likeness (QED) is 0.858. The van der Waals surface area contributed by atoms with Crippen molar-refractivity contribution in [3.63, 3.8) is 0 Å². The highest BCUT2D eigenvalue weighted by molar-refractivity contribution is 5.98. The molecule has 2 rings (SSSR count). The van der Waals surface area contributed by atoms with Gasteiger partial charge in [0.05, 0.1) is 5.56 Å². The van der Waals surface area contributed by atoms with Gasteiger partial charge in [-0.15, -0.1) is 0 Å². The summed E-state index contributed by atoms with van der Waals surface area (Å²) in [5, 5.41) is 3.10. The summed E-state index contributed by atoms with van der Waals surface area (Å²) in [7, 11) is 0. The highest BCUT2D eigenvalue weighted by Gasteiger charge is 2.11. The third kappa shape index (κ3) is 3.07. The number of carbonyl (C=O) groups excluding carboxylic acids is 1. The lowest BCUT2D eigenvalue weighted by molar-refractivity contribution is 0.100. The Labute approximate surface area is 111 Å². The summed E-state index contributed by atoms with van der Waals surface area (Å²) < 4.78 is 0. The number of nitrogens with one attached hydrogen (secondary N) is 1. The maximum absolute atomic E-state index is 11.5. The summed E-state index contributed by atoms with van der Waals surface area (Å²) in [5.74, 6) is 0.0406. The fourth-order valence-electron chi connectivity index (χ4n) is 1.73. The third-order valence-corrected chi connectivity index (χ3v) is 2.69. The molecule has 1 amide bonds. The average Bonchev–Trinajstić information content (AvgIpc) is 2.45. The van der Waals surface area contributed by atoms with Crippen LogP contribution >= 0.6 is 0 Å². The minimum atomic E-state index is -0.489. The lowest BCUT2D eigenvalue weighted by atomic mass is 10.1. The van der Waals surface area contributed by atoms with Crippen molar-refractivity contribution in [1.82, 2.24) is 9.97 Å². The zero-order valence-electron chi connectivity index (χ0n) is 10.8. The SMILES string of the molecule is CCCNc1ncc(-c2cccnc2)cc1C(N)=O. The summed E-state index contributed by atoms with van der Waals surface area (Å²) in [4.78, 5) is 19.8. The van der Waals surface area contributed by atoms with Crippen molar-refractivity contribution in [2.45, 2.75) is 13.3 Å². The van der Waals surface area contributed by atoms with Crippen molar-refractivity contribution in [3.05, 3.63) is 42.4 Å². The molecule has 98 valence electrons. The van der Waals surface area contributed by atoms with E-state index in [1.807, 2.05) is 19.1 Å². The maximum atomic E-state index is 11.5. The number of carbonyl (C=O) groups is 1. The summed E-state index contributed by atoms with van der Waals surface area (Å²) in [6.07, 6.45) is 6.08. The van der Waals surface area contributed by atoms with Crippen LogP contribution in [0.4, 0.5) is 5.82 Å². The van der Waals surface area contributed by atoms with Gasteiger partial charge in [0.1, 0.15) is 5.82 Å². The molecule has 19 heavy (non-hydrogen) atoms. The molecule has 0 saturated carbocycles. The van der Waals surface area contributed by atoms with Crippen LogP contribution in [0.1, 0.15) is 23.7 Å². The largest absolute Gasteiger partial charge is 0.369 e. The van der Waals surface area contributed by atoms with Gasteiger partial charge in [-0.05, 0) is 18.6 Å². The monoisotopic (exact) mass is 256 g/mol. The molecule has 0 aliphatic carbocycles. The standard InChI is InChI=1S/C14H16N4O/c1-2-5-17-14-12(13(15)19)7-11(9-18-14)10-4-3-6-16-8-10/h3-4,6-9H,2,5H2,1H3,(H2,15,19)(H,17,18). The molecule has 0 aliphatic heterocycles. The van der Waals surface area contributed by atoms with Crippen molar-refractivity contribution in [1.29, 1.82) is 0 Å². The molecular weight excluding hydrogens is 240 g/mol. The van der Waals surface area contributed by atoms with Crippen molar-refractivity contribution >= 4 is 11.7 Å². The van der Waals surface area contributed by atoms with Crippen molar-refractivity contribution < 1.29 is 4.79 Å². The Balaban J connectivity index is 2.39. The Hall–Kier alpha value is -2.43. The van der Waals surface area contributed by atoms with Gasteiger partial charge in [-0.1, -0.05) is 13.0 Å². The number of nitrogens with zero attached hydrogens (tertiary/aromatic N) is 2. The summed E-state index contributed by atoms with van der Waals surface area (Å²) >= 11 is 0. The molecule has 5 heteroatoms. The first-order valence-electron chi connectivity index (χ1n) is 6.16. The molecular formula is C14H16N4O. The van der Waals surface area contributed by atoms with Crippen molar-refractivity contribution in [3.8, 4) is 11.1 Å². The number of pyridine rings is 2. The molecule has 2 heterocycles. The van der Waals surface area contributed by atoms with E-state index < -0.39 is 5.91 Å². The van der Waals surface area contributed by atoms with E-state index in [9.17, 15) is 4.79 Å². The predicted octanol–water partition coefficient (Wildman–Crippen LogP) is 2.06. The molecule has 0 saturated heterocycles. The van der Waals surface area contributed by atoms with E-state index >= 15 is 0 Å². The summed E-state index contributed by atoms with van der Waals surface area (Å²) in [6.45, 7) is 2.79. The first kappa shape index (κ1) is 13.0. The summed E-state index contributed by atoms with van der Waals surface area (Å²) in [5.41, 5.74) is 7.52. The Kier molecular flexibility index (Phi) is 4.07. The van der Waals surface area contributed by atoms with Crippen LogP contribution < -0.4 is 11.1 Å². The van der Waals surface area contributed by atoms with Crippen LogP contribution in [0.5, 0.6) is 0 Å². The first-order valence-corrected chi connectivity index (χ1v) is 6.16. The molecule has 2 aromatic rings. The fraction of sp³-hybridized carbons (Fsp3) is 0.214. The van der Waals surface area contributed by atoms with E-state index in [4.69, 9.17) is 5.73 Å². The van der Waals surface area contributed by atoms with Crippen LogP contribution in [0.2, 0.25) is 0 Å². The minimum absolute atomic E-state index is 0.398. The zero-order chi connectivity index (χ0) is 13.7. The van der Waals surface area contributed by atoms with Gasteiger partial charge < -0.3 is 11.1 Å². The lowest BCUT2D eigenvalue weighted by Crippen LogP contribution is -2.16. The molecule has 5 nitrogen and oxygen atoms in total. The molecule has 0 atom stereocenters. The van der Waals surface area contributed by atoms with E-state index in [1.165, 1.54) is 0 Å². The normalized spacial score (nSPS) is 10.2. The highest BCUT2D eigenvalue weighted by Crippen LogP contribution is 2.22. The maximum Gasteiger partial charge on any atom is 0.252 e. The molecule has 0 bridgehead atoms. The molecule has 0 aromatic carbocycles. The number of nitrogens with two attached hydrogens (primary N) is 1. The Morgan fingerprint density at radius 1 is 1.37 bits per heavy atom. The minimum Gasteiger partial charge on any atom is -0.369 e. The van der Waals surface area contributed by atoms with Crippen LogP contribution in [-0.2, 0) is 0 Å². The molecule has 0 spiro atoms. The highest BCUT2D eigenvalue weighted by atomic mass is 16.1. The van der Waals surface area contributed by atoms with E-state index in [2.05, 4.69) is 15.3 Å². The van der Waals surface area contributed by atoms with Gasteiger partial charge in [0.25, 0.3) is 5.91 Å². The van der Waals surface area contributed by atoms with Gasteiger partial charge in [0, 0.05) is 36.3 Å². The fourth-order valence-corrected chi connectivity index (χ4v) is 1.73. The van der Waals surface area contributed by atoms with Gasteiger partial charge >= 0.3 is 0 Å². The van der Waals surface area contributed by atoms with Crippen LogP contribution in [0, 0.1) is 0 Å². The van der Waals surface area contributed by atoms with Gasteiger partial charge in [-0.3, -0.25) is 9.78 Å². The van der Waals surface area contributed by atoms with Crippen molar-refractivity contribution in [2.24, 2.45) is 5.73 Å². The second kappa shape index (κ2) is 5.95. The smallest absolute Gasteiger partial charge is 0.252 e. The molecule has 2 aromatic heterocycles. The number of amides is 1. The van der Waals surface area contributed by atoms with Crippen molar-refractivity contribution in [2.75, 3.05) is 11.9 Å². The molecule has 0 radical (unpaired) electrons.